The zero-order valence-electron chi connectivity index (χ0n) is 9.51. The summed E-state index contributed by atoms with van der Waals surface area (Å²) in [5.41, 5.74) is 0.114. The average molecular weight is 256 g/mol. The Morgan fingerprint density at radius 3 is 3.06 bits per heavy atom. The quantitative estimate of drug-likeness (QED) is 0.841. The van der Waals surface area contributed by atoms with Gasteiger partial charge in [-0.3, -0.25) is 4.79 Å². The van der Waals surface area contributed by atoms with Crippen molar-refractivity contribution in [3.05, 3.63) is 34.6 Å². The van der Waals surface area contributed by atoms with E-state index in [2.05, 4.69) is 5.32 Å². The number of nitrogens with one attached hydrogen (secondary N) is 1. The molecular formula is C13H15ClFNO. The Bertz CT molecular complexity index is 416. The van der Waals surface area contributed by atoms with Crippen molar-refractivity contribution in [3.63, 3.8) is 0 Å². The summed E-state index contributed by atoms with van der Waals surface area (Å²) in [5.74, 6) is -0.323. The van der Waals surface area contributed by atoms with Crippen molar-refractivity contribution in [2.75, 3.05) is 13.1 Å². The highest BCUT2D eigenvalue weighted by atomic mass is 35.5. The molecule has 0 amide bonds. The van der Waals surface area contributed by atoms with Crippen LogP contribution in [0.5, 0.6) is 0 Å². The van der Waals surface area contributed by atoms with E-state index in [4.69, 9.17) is 11.6 Å². The van der Waals surface area contributed by atoms with Crippen molar-refractivity contribution in [1.29, 1.82) is 0 Å². The molecule has 1 N–H and O–H groups in total. The summed E-state index contributed by atoms with van der Waals surface area (Å²) in [6, 6.07) is 4.11. The number of Topliss-reactive ketones (excluding diaryl/α,β-unsaturated/α-hetero) is 1. The highest BCUT2D eigenvalue weighted by molar-refractivity contribution is 6.31. The first-order valence-corrected chi connectivity index (χ1v) is 6.23. The van der Waals surface area contributed by atoms with E-state index in [-0.39, 0.29) is 11.3 Å². The molecule has 0 radical (unpaired) electrons. The lowest BCUT2D eigenvalue weighted by molar-refractivity contribution is 0.0950. The molecule has 0 spiro atoms. The number of halogens is 2. The van der Waals surface area contributed by atoms with Gasteiger partial charge in [0.2, 0.25) is 0 Å². The molecule has 1 saturated heterocycles. The fraction of sp³-hybridized carbons (Fsp3) is 0.462. The third kappa shape index (κ3) is 3.27. The van der Waals surface area contributed by atoms with Crippen LogP contribution in [0.25, 0.3) is 0 Å². The predicted molar refractivity (Wildman–Crippen MR) is 66.0 cm³/mol. The van der Waals surface area contributed by atoms with Crippen LogP contribution in [0.1, 0.15) is 29.6 Å². The minimum absolute atomic E-state index is 0.114. The van der Waals surface area contributed by atoms with Crippen LogP contribution in [-0.2, 0) is 0 Å². The molecule has 1 fully saturated rings. The summed E-state index contributed by atoms with van der Waals surface area (Å²) in [6.45, 7) is 1.85. The highest BCUT2D eigenvalue weighted by Gasteiger charge is 2.19. The largest absolute Gasteiger partial charge is 0.316 e. The van der Waals surface area contributed by atoms with E-state index in [1.807, 2.05) is 0 Å². The number of piperidine rings is 1. The monoisotopic (exact) mass is 255 g/mol. The van der Waals surface area contributed by atoms with E-state index in [0.29, 0.717) is 17.4 Å². The molecule has 2 rings (SSSR count). The van der Waals surface area contributed by atoms with Crippen molar-refractivity contribution in [3.8, 4) is 0 Å². The number of hydrogen-bond acceptors (Lipinski definition) is 2. The van der Waals surface area contributed by atoms with E-state index >= 15 is 0 Å². The van der Waals surface area contributed by atoms with Crippen LogP contribution in [0.4, 0.5) is 4.39 Å². The van der Waals surface area contributed by atoms with E-state index in [1.165, 1.54) is 18.2 Å². The standard InChI is InChI=1S/C13H15ClFNO/c14-10-3-4-12(15)11(7-10)13(17)6-9-2-1-5-16-8-9/h3-4,7,9,16H,1-2,5-6,8H2. The molecule has 92 valence electrons. The molecule has 0 aliphatic carbocycles. The Morgan fingerprint density at radius 2 is 2.35 bits per heavy atom. The van der Waals surface area contributed by atoms with Gasteiger partial charge in [-0.25, -0.2) is 4.39 Å². The molecular weight excluding hydrogens is 241 g/mol. The van der Waals surface area contributed by atoms with E-state index in [1.54, 1.807) is 0 Å². The second kappa shape index (κ2) is 5.61. The van der Waals surface area contributed by atoms with Gasteiger partial charge < -0.3 is 5.32 Å². The summed E-state index contributed by atoms with van der Waals surface area (Å²) in [4.78, 5) is 12.0. The van der Waals surface area contributed by atoms with Crippen molar-refractivity contribution < 1.29 is 9.18 Å². The first-order chi connectivity index (χ1) is 8.16. The molecule has 1 unspecified atom stereocenters. The van der Waals surface area contributed by atoms with Gasteiger partial charge in [0.05, 0.1) is 5.56 Å². The number of ketones is 1. The average Bonchev–Trinajstić information content (AvgIpc) is 2.33. The Kier molecular flexibility index (Phi) is 4.13. The number of rotatable bonds is 3. The molecule has 0 aromatic heterocycles. The van der Waals surface area contributed by atoms with Gasteiger partial charge in [-0.2, -0.15) is 0 Å². The summed E-state index contributed by atoms with van der Waals surface area (Å²) in [7, 11) is 0. The van der Waals surface area contributed by atoms with Gasteiger partial charge in [0.25, 0.3) is 0 Å². The normalized spacial score (nSPS) is 20.2. The SMILES string of the molecule is O=C(CC1CCCNC1)c1cc(Cl)ccc1F. The molecule has 17 heavy (non-hydrogen) atoms. The number of benzene rings is 1. The maximum atomic E-state index is 13.5. The van der Waals surface area contributed by atoms with Crippen LogP contribution >= 0.6 is 11.6 Å². The molecule has 2 nitrogen and oxygen atoms in total. The fourth-order valence-electron chi connectivity index (χ4n) is 2.18. The number of carbonyl (C=O) groups is 1. The summed E-state index contributed by atoms with van der Waals surface area (Å²) in [5, 5.41) is 3.65. The van der Waals surface area contributed by atoms with Crippen molar-refractivity contribution in [1.82, 2.24) is 5.32 Å². The second-order valence-electron chi connectivity index (χ2n) is 4.46. The Labute approximate surface area is 105 Å². The summed E-state index contributed by atoms with van der Waals surface area (Å²) < 4.78 is 13.5. The summed E-state index contributed by atoms with van der Waals surface area (Å²) >= 11 is 5.77. The van der Waals surface area contributed by atoms with Crippen molar-refractivity contribution >= 4 is 17.4 Å². The Balaban J connectivity index is 2.05. The van der Waals surface area contributed by atoms with E-state index in [0.717, 1.165) is 25.9 Å². The molecule has 1 aromatic carbocycles. The first kappa shape index (κ1) is 12.5. The zero-order chi connectivity index (χ0) is 12.3. The van der Waals surface area contributed by atoms with Gasteiger partial charge in [-0.05, 0) is 50.0 Å². The predicted octanol–water partition coefficient (Wildman–Crippen LogP) is 3.05. The summed E-state index contributed by atoms with van der Waals surface area (Å²) in [6.07, 6.45) is 2.50. The molecule has 0 bridgehead atoms. The molecule has 1 aromatic rings. The number of hydrogen-bond donors (Lipinski definition) is 1. The third-order valence-electron chi connectivity index (χ3n) is 3.10. The van der Waals surface area contributed by atoms with Crippen LogP contribution in [0.2, 0.25) is 5.02 Å². The van der Waals surface area contributed by atoms with Gasteiger partial charge in [0, 0.05) is 11.4 Å². The highest BCUT2D eigenvalue weighted by Crippen LogP contribution is 2.21. The maximum absolute atomic E-state index is 13.5. The minimum Gasteiger partial charge on any atom is -0.316 e. The van der Waals surface area contributed by atoms with Crippen molar-refractivity contribution in [2.45, 2.75) is 19.3 Å². The van der Waals surface area contributed by atoms with Gasteiger partial charge >= 0.3 is 0 Å². The molecule has 1 aliphatic heterocycles. The Morgan fingerprint density at radius 1 is 1.53 bits per heavy atom. The van der Waals surface area contributed by atoms with Gasteiger partial charge in [0.15, 0.2) is 5.78 Å². The lowest BCUT2D eigenvalue weighted by Crippen LogP contribution is -2.31. The molecule has 1 atom stereocenters. The van der Waals surface area contributed by atoms with Crippen LogP contribution in [0, 0.1) is 11.7 Å². The number of carbonyl (C=O) groups excluding carboxylic acids is 1. The molecule has 4 heteroatoms. The van der Waals surface area contributed by atoms with Crippen molar-refractivity contribution in [2.24, 2.45) is 5.92 Å². The smallest absolute Gasteiger partial charge is 0.166 e. The van der Waals surface area contributed by atoms with Crippen LogP contribution in [0.15, 0.2) is 18.2 Å². The van der Waals surface area contributed by atoms with Gasteiger partial charge in [-0.15, -0.1) is 0 Å². The lowest BCUT2D eigenvalue weighted by atomic mass is 9.92. The van der Waals surface area contributed by atoms with Gasteiger partial charge in [-0.1, -0.05) is 11.6 Å². The fourth-order valence-corrected chi connectivity index (χ4v) is 2.35. The molecule has 1 heterocycles. The molecule has 0 saturated carbocycles. The third-order valence-corrected chi connectivity index (χ3v) is 3.34. The van der Waals surface area contributed by atoms with Gasteiger partial charge in [0.1, 0.15) is 5.82 Å². The van der Waals surface area contributed by atoms with Crippen LogP contribution in [-0.4, -0.2) is 18.9 Å². The first-order valence-electron chi connectivity index (χ1n) is 5.86. The van der Waals surface area contributed by atoms with E-state index < -0.39 is 5.82 Å². The van der Waals surface area contributed by atoms with E-state index in [9.17, 15) is 9.18 Å². The zero-order valence-corrected chi connectivity index (χ0v) is 10.3. The Hall–Kier alpha value is -0.930. The van der Waals surface area contributed by atoms with Crippen LogP contribution in [0.3, 0.4) is 0 Å². The second-order valence-corrected chi connectivity index (χ2v) is 4.90. The van der Waals surface area contributed by atoms with Crippen LogP contribution < -0.4 is 5.32 Å². The minimum atomic E-state index is -0.483. The molecule has 1 aliphatic rings. The lowest BCUT2D eigenvalue weighted by Gasteiger charge is -2.22. The topological polar surface area (TPSA) is 29.1 Å². The maximum Gasteiger partial charge on any atom is 0.166 e.